The third-order valence-electron chi connectivity index (χ3n) is 4.29. The molecule has 0 unspecified atom stereocenters. The number of hydrogen-bond donors (Lipinski definition) is 1. The van der Waals surface area contributed by atoms with Crippen LogP contribution in [0.4, 0.5) is 4.79 Å². The lowest BCUT2D eigenvalue weighted by atomic mass is 10.0. The van der Waals surface area contributed by atoms with Crippen molar-refractivity contribution < 1.29 is 14.3 Å². The van der Waals surface area contributed by atoms with E-state index in [2.05, 4.69) is 22.1 Å². The highest BCUT2D eigenvalue weighted by atomic mass is 16.6. The number of methoxy groups -OCH3 is 1. The number of aryl methyl sites for hydroxylation is 1. The first-order valence-corrected chi connectivity index (χ1v) is 9.21. The minimum Gasteiger partial charge on any atom is -0.497 e. The van der Waals surface area contributed by atoms with Crippen molar-refractivity contribution in [2.45, 2.75) is 13.0 Å². The van der Waals surface area contributed by atoms with Gasteiger partial charge in [0.05, 0.1) is 18.8 Å². The highest BCUT2D eigenvalue weighted by Gasteiger charge is 2.23. The Kier molecular flexibility index (Phi) is 6.85. The molecule has 1 aliphatic heterocycles. The number of benzene rings is 2. The van der Waals surface area contributed by atoms with E-state index >= 15 is 0 Å². The van der Waals surface area contributed by atoms with Crippen LogP contribution in [-0.4, -0.2) is 24.8 Å². The summed E-state index contributed by atoms with van der Waals surface area (Å²) in [5.41, 5.74) is 3.73. The van der Waals surface area contributed by atoms with Crippen LogP contribution in [0.2, 0.25) is 0 Å². The lowest BCUT2D eigenvalue weighted by Gasteiger charge is -2.07. The summed E-state index contributed by atoms with van der Waals surface area (Å²) < 4.78 is 9.82. The van der Waals surface area contributed by atoms with Crippen molar-refractivity contribution >= 4 is 6.09 Å². The maximum absolute atomic E-state index is 11.1. The molecule has 5 heteroatoms. The van der Waals surface area contributed by atoms with Crippen molar-refractivity contribution in [3.8, 4) is 17.6 Å². The first-order valence-electron chi connectivity index (χ1n) is 9.21. The Hall–Kier alpha value is -3.78. The Morgan fingerprint density at radius 2 is 1.90 bits per heavy atom. The summed E-state index contributed by atoms with van der Waals surface area (Å²) in [6.07, 6.45) is 1.38. The number of hydrogen-bond acceptors (Lipinski definition) is 4. The monoisotopic (exact) mass is 386 g/mol. The lowest BCUT2D eigenvalue weighted by Crippen LogP contribution is -2.18. The third kappa shape index (κ3) is 5.85. The molecule has 2 aromatic carbocycles. The fraction of sp³-hybridized carbons (Fsp3) is 0.167. The van der Waals surface area contributed by atoms with Crippen LogP contribution >= 0.6 is 0 Å². The third-order valence-corrected chi connectivity index (χ3v) is 4.29. The SMILES string of the molecule is COc1ccccc1.Cc1ncccc1C#Cc1cccc([C@@H]2COC(=O)N2)c1. The largest absolute Gasteiger partial charge is 0.497 e. The van der Waals surface area contributed by atoms with Gasteiger partial charge in [-0.25, -0.2) is 4.79 Å². The van der Waals surface area contributed by atoms with Crippen molar-refractivity contribution in [3.63, 3.8) is 0 Å². The summed E-state index contributed by atoms with van der Waals surface area (Å²) >= 11 is 0. The topological polar surface area (TPSA) is 60.5 Å². The van der Waals surface area contributed by atoms with Gasteiger partial charge in [-0.15, -0.1) is 0 Å². The number of rotatable bonds is 2. The Morgan fingerprint density at radius 3 is 2.55 bits per heavy atom. The van der Waals surface area contributed by atoms with Gasteiger partial charge in [-0.1, -0.05) is 42.2 Å². The number of nitrogens with zero attached hydrogens (tertiary/aromatic N) is 1. The molecule has 1 aromatic heterocycles. The fourth-order valence-corrected chi connectivity index (χ4v) is 2.71. The molecule has 0 spiro atoms. The van der Waals surface area contributed by atoms with Crippen molar-refractivity contribution in [1.82, 2.24) is 10.3 Å². The Labute approximate surface area is 170 Å². The van der Waals surface area contributed by atoms with Crippen LogP contribution in [0.1, 0.15) is 28.4 Å². The molecular formula is C24H22N2O3. The van der Waals surface area contributed by atoms with Gasteiger partial charge in [-0.05, 0) is 48.9 Å². The molecule has 1 fully saturated rings. The molecule has 1 aliphatic rings. The second-order valence-electron chi connectivity index (χ2n) is 6.32. The number of nitrogens with one attached hydrogen (secondary N) is 1. The van der Waals surface area contributed by atoms with Crippen LogP contribution in [0.3, 0.4) is 0 Å². The van der Waals surface area contributed by atoms with Gasteiger partial charge < -0.3 is 14.8 Å². The molecule has 146 valence electrons. The molecule has 0 saturated carbocycles. The molecule has 0 radical (unpaired) electrons. The molecule has 2 heterocycles. The van der Waals surface area contributed by atoms with E-state index in [0.29, 0.717) is 6.61 Å². The van der Waals surface area contributed by atoms with Crippen LogP contribution < -0.4 is 10.1 Å². The molecule has 1 atom stereocenters. The quantitative estimate of drug-likeness (QED) is 0.669. The highest BCUT2D eigenvalue weighted by Crippen LogP contribution is 2.19. The summed E-state index contributed by atoms with van der Waals surface area (Å²) in [6.45, 7) is 2.29. The maximum Gasteiger partial charge on any atom is 0.407 e. The number of ether oxygens (including phenoxy) is 2. The second-order valence-corrected chi connectivity index (χ2v) is 6.32. The summed E-state index contributed by atoms with van der Waals surface area (Å²) in [7, 11) is 1.66. The van der Waals surface area contributed by atoms with Crippen LogP contribution in [0, 0.1) is 18.8 Å². The Balaban J connectivity index is 0.000000252. The number of pyridine rings is 1. The molecule has 3 aromatic rings. The van der Waals surface area contributed by atoms with Gasteiger partial charge in [0, 0.05) is 17.3 Å². The molecule has 1 N–H and O–H groups in total. The predicted molar refractivity (Wildman–Crippen MR) is 112 cm³/mol. The standard InChI is InChI=1S/C17H14N2O2.C7H8O/c1-12-14(6-3-9-18-12)8-7-13-4-2-5-15(10-13)16-11-21-17(20)19-16;1-8-7-5-3-2-4-6-7/h2-6,9-10,16H,11H2,1H3,(H,19,20);2-6H,1H3/t16-;/m0./s1. The molecule has 4 rings (SSSR count). The Morgan fingerprint density at radius 1 is 1.07 bits per heavy atom. The summed E-state index contributed by atoms with van der Waals surface area (Å²) in [6, 6.07) is 21.2. The van der Waals surface area contributed by atoms with Crippen LogP contribution in [0.25, 0.3) is 0 Å². The highest BCUT2D eigenvalue weighted by molar-refractivity contribution is 5.70. The average Bonchev–Trinajstić information content (AvgIpc) is 3.21. The Bertz CT molecular complexity index is 1020. The van der Waals surface area contributed by atoms with E-state index < -0.39 is 0 Å². The van der Waals surface area contributed by atoms with Gasteiger partial charge in [-0.2, -0.15) is 0 Å². The number of cyclic esters (lactones) is 1. The maximum atomic E-state index is 11.1. The summed E-state index contributed by atoms with van der Waals surface area (Å²) in [5.74, 6) is 7.17. The average molecular weight is 386 g/mol. The molecule has 5 nitrogen and oxygen atoms in total. The molecular weight excluding hydrogens is 364 g/mol. The molecule has 1 saturated heterocycles. The van der Waals surface area contributed by atoms with E-state index in [4.69, 9.17) is 9.47 Å². The lowest BCUT2D eigenvalue weighted by molar-refractivity contribution is 0.177. The number of carbonyl (C=O) groups is 1. The van der Waals surface area contributed by atoms with Crippen LogP contribution in [-0.2, 0) is 4.74 Å². The second kappa shape index (κ2) is 9.95. The molecule has 1 amide bonds. The molecule has 29 heavy (non-hydrogen) atoms. The normalized spacial score (nSPS) is 14.4. The van der Waals surface area contributed by atoms with Gasteiger partial charge in [0.2, 0.25) is 0 Å². The zero-order valence-corrected chi connectivity index (χ0v) is 16.4. The number of aromatic nitrogens is 1. The minimum atomic E-state index is -0.373. The van der Waals surface area contributed by atoms with Gasteiger partial charge in [0.25, 0.3) is 0 Å². The van der Waals surface area contributed by atoms with Crippen molar-refractivity contribution in [2.24, 2.45) is 0 Å². The first-order chi connectivity index (χ1) is 14.2. The van der Waals surface area contributed by atoms with E-state index in [1.807, 2.05) is 73.7 Å². The first kappa shape index (κ1) is 20.0. The fourth-order valence-electron chi connectivity index (χ4n) is 2.71. The number of para-hydroxylation sites is 1. The zero-order valence-electron chi connectivity index (χ0n) is 16.4. The molecule has 0 bridgehead atoms. The zero-order chi connectivity index (χ0) is 20.5. The van der Waals surface area contributed by atoms with E-state index in [1.54, 1.807) is 13.3 Å². The van der Waals surface area contributed by atoms with E-state index in [0.717, 1.165) is 28.1 Å². The summed E-state index contributed by atoms with van der Waals surface area (Å²) in [4.78, 5) is 15.3. The van der Waals surface area contributed by atoms with Crippen LogP contribution in [0.5, 0.6) is 5.75 Å². The van der Waals surface area contributed by atoms with Crippen molar-refractivity contribution in [3.05, 3.63) is 95.3 Å². The van der Waals surface area contributed by atoms with E-state index in [-0.39, 0.29) is 12.1 Å². The predicted octanol–water partition coefficient (Wildman–Crippen LogP) is 4.27. The minimum absolute atomic E-state index is 0.0978. The van der Waals surface area contributed by atoms with Crippen LogP contribution in [0.15, 0.2) is 72.9 Å². The van der Waals surface area contributed by atoms with Gasteiger partial charge in [0.1, 0.15) is 12.4 Å². The van der Waals surface area contributed by atoms with Crippen molar-refractivity contribution in [1.29, 1.82) is 0 Å². The summed E-state index contributed by atoms with van der Waals surface area (Å²) in [5, 5.41) is 2.76. The van der Waals surface area contributed by atoms with Gasteiger partial charge in [0.15, 0.2) is 0 Å². The number of amides is 1. The van der Waals surface area contributed by atoms with Gasteiger partial charge in [-0.3, -0.25) is 4.98 Å². The number of alkyl carbamates (subject to hydrolysis) is 1. The van der Waals surface area contributed by atoms with E-state index in [9.17, 15) is 4.79 Å². The smallest absolute Gasteiger partial charge is 0.407 e. The van der Waals surface area contributed by atoms with E-state index in [1.165, 1.54) is 0 Å². The molecule has 0 aliphatic carbocycles. The van der Waals surface area contributed by atoms with Crippen molar-refractivity contribution in [2.75, 3.05) is 13.7 Å². The van der Waals surface area contributed by atoms with Gasteiger partial charge >= 0.3 is 6.09 Å². The number of carbonyl (C=O) groups excluding carboxylic acids is 1.